The molecular weight excluding hydrogens is 217 g/mol. The Bertz CT molecular complexity index is 194. The highest BCUT2D eigenvalue weighted by atomic mass is 19.4. The summed E-state index contributed by atoms with van der Waals surface area (Å²) < 4.78 is 36.0. The smallest absolute Gasteiger partial charge is 0.330 e. The number of rotatable bonds is 6. The van der Waals surface area contributed by atoms with Crippen molar-refractivity contribution in [2.45, 2.75) is 50.7 Å². The summed E-state index contributed by atoms with van der Waals surface area (Å²) >= 11 is 0. The number of halogens is 3. The van der Waals surface area contributed by atoms with Gasteiger partial charge in [0.1, 0.15) is 0 Å². The molecule has 2 nitrogen and oxygen atoms in total. The van der Waals surface area contributed by atoms with Gasteiger partial charge in [-0.2, -0.15) is 13.2 Å². The maximum Gasteiger partial charge on any atom is 0.389 e. The van der Waals surface area contributed by atoms with Crippen molar-refractivity contribution in [3.8, 4) is 0 Å². The Balaban J connectivity index is 2.19. The van der Waals surface area contributed by atoms with Gasteiger partial charge in [-0.3, -0.25) is 0 Å². The summed E-state index contributed by atoms with van der Waals surface area (Å²) in [4.78, 5) is 2.20. The molecule has 1 aliphatic heterocycles. The van der Waals surface area contributed by atoms with Crippen LogP contribution in [0.5, 0.6) is 0 Å². The lowest BCUT2D eigenvalue weighted by Crippen LogP contribution is -2.31. The van der Waals surface area contributed by atoms with Gasteiger partial charge in [-0.05, 0) is 51.7 Å². The Hall–Kier alpha value is -0.290. The highest BCUT2D eigenvalue weighted by molar-refractivity contribution is 4.79. The first kappa shape index (κ1) is 13.8. The highest BCUT2D eigenvalue weighted by Gasteiger charge is 2.28. The van der Waals surface area contributed by atoms with E-state index in [4.69, 9.17) is 5.73 Å². The molecule has 1 heterocycles. The second-order valence-corrected chi connectivity index (χ2v) is 4.48. The predicted molar refractivity (Wildman–Crippen MR) is 58.2 cm³/mol. The normalized spacial score (nSPS) is 22.9. The molecule has 96 valence electrons. The van der Waals surface area contributed by atoms with Gasteiger partial charge >= 0.3 is 6.18 Å². The van der Waals surface area contributed by atoms with Crippen molar-refractivity contribution in [3.05, 3.63) is 0 Å². The van der Waals surface area contributed by atoms with Crippen LogP contribution in [0, 0.1) is 0 Å². The average molecular weight is 238 g/mol. The molecular formula is C11H21F3N2. The Labute approximate surface area is 95.0 Å². The number of nitrogens with two attached hydrogens (primary N) is 1. The Morgan fingerprint density at radius 1 is 1.25 bits per heavy atom. The van der Waals surface area contributed by atoms with Crippen molar-refractivity contribution in [1.29, 1.82) is 0 Å². The van der Waals surface area contributed by atoms with E-state index in [1.54, 1.807) is 0 Å². The van der Waals surface area contributed by atoms with E-state index >= 15 is 0 Å². The van der Waals surface area contributed by atoms with Crippen LogP contribution in [0.3, 0.4) is 0 Å². The van der Waals surface area contributed by atoms with E-state index in [1.807, 2.05) is 0 Å². The number of nitrogens with zero attached hydrogens (tertiary/aromatic N) is 1. The van der Waals surface area contributed by atoms with E-state index in [9.17, 15) is 13.2 Å². The molecule has 1 aliphatic rings. The lowest BCUT2D eigenvalue weighted by Gasteiger charge is -2.24. The Morgan fingerprint density at radius 3 is 2.62 bits per heavy atom. The lowest BCUT2D eigenvalue weighted by molar-refractivity contribution is -0.136. The van der Waals surface area contributed by atoms with E-state index in [1.165, 1.54) is 0 Å². The first-order valence-corrected chi connectivity index (χ1v) is 6.04. The number of hydrogen-bond donors (Lipinski definition) is 1. The van der Waals surface area contributed by atoms with Gasteiger partial charge in [0.05, 0.1) is 0 Å². The molecule has 1 atom stereocenters. The quantitative estimate of drug-likeness (QED) is 0.770. The number of alkyl halides is 3. The zero-order valence-corrected chi connectivity index (χ0v) is 9.60. The molecule has 0 aromatic rings. The van der Waals surface area contributed by atoms with E-state index in [2.05, 4.69) is 4.90 Å². The SMILES string of the molecule is NCCCC1CCCN1CCCC(F)(F)F. The molecule has 0 bridgehead atoms. The summed E-state index contributed by atoms with van der Waals surface area (Å²) in [5.41, 5.74) is 5.44. The van der Waals surface area contributed by atoms with Crippen molar-refractivity contribution >= 4 is 0 Å². The maximum atomic E-state index is 12.0. The van der Waals surface area contributed by atoms with Crippen LogP contribution in [0.1, 0.15) is 38.5 Å². The van der Waals surface area contributed by atoms with Crippen LogP contribution in [-0.4, -0.2) is 36.8 Å². The zero-order chi connectivity index (χ0) is 12.0. The van der Waals surface area contributed by atoms with Crippen LogP contribution in [0.25, 0.3) is 0 Å². The van der Waals surface area contributed by atoms with Crippen LogP contribution < -0.4 is 5.73 Å². The fourth-order valence-electron chi connectivity index (χ4n) is 2.35. The van der Waals surface area contributed by atoms with E-state index < -0.39 is 12.6 Å². The van der Waals surface area contributed by atoms with Crippen LogP contribution >= 0.6 is 0 Å². The van der Waals surface area contributed by atoms with Gasteiger partial charge in [0.25, 0.3) is 0 Å². The molecule has 0 saturated carbocycles. The zero-order valence-electron chi connectivity index (χ0n) is 9.60. The van der Waals surface area contributed by atoms with Crippen molar-refractivity contribution < 1.29 is 13.2 Å². The molecule has 5 heteroatoms. The largest absolute Gasteiger partial charge is 0.389 e. The Kier molecular flexibility index (Phi) is 5.55. The predicted octanol–water partition coefficient (Wildman–Crippen LogP) is 2.53. The number of likely N-dealkylation sites (tertiary alicyclic amines) is 1. The van der Waals surface area contributed by atoms with Crippen molar-refractivity contribution in [3.63, 3.8) is 0 Å². The molecule has 1 saturated heterocycles. The van der Waals surface area contributed by atoms with Gasteiger partial charge in [0.2, 0.25) is 0 Å². The third-order valence-corrected chi connectivity index (χ3v) is 3.15. The van der Waals surface area contributed by atoms with E-state index in [-0.39, 0.29) is 6.42 Å². The molecule has 0 aromatic carbocycles. The summed E-state index contributed by atoms with van der Waals surface area (Å²) in [7, 11) is 0. The highest BCUT2D eigenvalue weighted by Crippen LogP contribution is 2.25. The molecule has 1 unspecified atom stereocenters. The third-order valence-electron chi connectivity index (χ3n) is 3.15. The molecule has 0 radical (unpaired) electrons. The molecule has 1 fully saturated rings. The summed E-state index contributed by atoms with van der Waals surface area (Å²) in [5.74, 6) is 0. The summed E-state index contributed by atoms with van der Waals surface area (Å²) in [6, 6.07) is 0.469. The molecule has 0 aromatic heterocycles. The minimum absolute atomic E-state index is 0.225. The summed E-state index contributed by atoms with van der Waals surface area (Å²) in [6.07, 6.45) is -0.210. The lowest BCUT2D eigenvalue weighted by atomic mass is 10.1. The minimum Gasteiger partial charge on any atom is -0.330 e. The fraction of sp³-hybridized carbons (Fsp3) is 1.00. The van der Waals surface area contributed by atoms with Crippen molar-refractivity contribution in [1.82, 2.24) is 4.90 Å². The molecule has 0 aliphatic carbocycles. The minimum atomic E-state index is -4.01. The topological polar surface area (TPSA) is 29.3 Å². The van der Waals surface area contributed by atoms with E-state index in [0.717, 1.165) is 32.2 Å². The van der Waals surface area contributed by atoms with Crippen molar-refractivity contribution in [2.24, 2.45) is 5.73 Å². The standard InChI is InChI=1S/C11H21F3N2/c12-11(13,14)6-3-9-16-8-2-5-10(16)4-1-7-15/h10H,1-9,15H2. The first-order chi connectivity index (χ1) is 7.53. The van der Waals surface area contributed by atoms with Gasteiger partial charge in [-0.25, -0.2) is 0 Å². The molecule has 2 N–H and O–H groups in total. The van der Waals surface area contributed by atoms with Gasteiger partial charge in [0.15, 0.2) is 0 Å². The maximum absolute atomic E-state index is 12.0. The van der Waals surface area contributed by atoms with Gasteiger partial charge in [-0.15, -0.1) is 0 Å². The van der Waals surface area contributed by atoms with Gasteiger partial charge in [-0.1, -0.05) is 0 Å². The second kappa shape index (κ2) is 6.45. The molecule has 0 spiro atoms. The van der Waals surface area contributed by atoms with Crippen LogP contribution in [-0.2, 0) is 0 Å². The summed E-state index contributed by atoms with van der Waals surface area (Å²) in [5, 5.41) is 0. The molecule has 16 heavy (non-hydrogen) atoms. The monoisotopic (exact) mass is 238 g/mol. The van der Waals surface area contributed by atoms with Crippen LogP contribution in [0.15, 0.2) is 0 Å². The molecule has 0 amide bonds. The third kappa shape index (κ3) is 5.16. The number of hydrogen-bond acceptors (Lipinski definition) is 2. The fourth-order valence-corrected chi connectivity index (χ4v) is 2.35. The van der Waals surface area contributed by atoms with Gasteiger partial charge < -0.3 is 10.6 Å². The van der Waals surface area contributed by atoms with Crippen LogP contribution in [0.4, 0.5) is 13.2 Å². The average Bonchev–Trinajstić information content (AvgIpc) is 2.60. The second-order valence-electron chi connectivity index (χ2n) is 4.48. The van der Waals surface area contributed by atoms with Gasteiger partial charge in [0, 0.05) is 12.5 Å². The van der Waals surface area contributed by atoms with E-state index in [0.29, 0.717) is 19.1 Å². The molecule has 1 rings (SSSR count). The summed E-state index contributed by atoms with van der Waals surface area (Å²) in [6.45, 7) is 2.20. The first-order valence-electron chi connectivity index (χ1n) is 6.04. The Morgan fingerprint density at radius 2 is 2.00 bits per heavy atom. The van der Waals surface area contributed by atoms with Crippen molar-refractivity contribution in [2.75, 3.05) is 19.6 Å². The van der Waals surface area contributed by atoms with Crippen LogP contribution in [0.2, 0.25) is 0 Å².